The monoisotopic (exact) mass is 425 g/mol. The summed E-state index contributed by atoms with van der Waals surface area (Å²) in [7, 11) is -3.51. The van der Waals surface area contributed by atoms with Gasteiger partial charge in [0, 0.05) is 36.1 Å². The third-order valence-corrected chi connectivity index (χ3v) is 7.73. The lowest BCUT2D eigenvalue weighted by Crippen LogP contribution is -2.34. The molecule has 1 heterocycles. The second kappa shape index (κ2) is 9.05. The van der Waals surface area contributed by atoms with Crippen LogP contribution in [0.5, 0.6) is 0 Å². The van der Waals surface area contributed by atoms with E-state index in [2.05, 4.69) is 0 Å². The lowest BCUT2D eigenvalue weighted by Gasteiger charge is -2.20. The fourth-order valence-corrected chi connectivity index (χ4v) is 5.65. The van der Waals surface area contributed by atoms with Gasteiger partial charge in [-0.2, -0.15) is 11.8 Å². The molecule has 2 aromatic rings. The highest BCUT2D eigenvalue weighted by Gasteiger charge is 2.25. The van der Waals surface area contributed by atoms with Crippen LogP contribution in [0.25, 0.3) is 0 Å². The van der Waals surface area contributed by atoms with Gasteiger partial charge in [-0.25, -0.2) is 17.2 Å². The predicted molar refractivity (Wildman–Crippen MR) is 106 cm³/mol. The molecule has 2 aromatic carbocycles. The number of sulfone groups is 1. The Hall–Kier alpha value is -1.93. The van der Waals surface area contributed by atoms with Crippen LogP contribution in [0.3, 0.4) is 0 Å². The molecule has 0 radical (unpaired) electrons. The van der Waals surface area contributed by atoms with Crippen molar-refractivity contribution in [2.45, 2.75) is 23.0 Å². The van der Waals surface area contributed by atoms with Crippen molar-refractivity contribution in [2.24, 2.45) is 0 Å². The van der Waals surface area contributed by atoms with Gasteiger partial charge in [-0.05, 0) is 36.8 Å². The van der Waals surface area contributed by atoms with Gasteiger partial charge in [0.1, 0.15) is 11.6 Å². The standard InChI is InChI=1S/C20H21F2NO3S2/c21-15-6-7-18(22)17(14-15)19-8-10-23(11-12-27-19)20(24)9-13-28(25,26)16-4-2-1-3-5-16/h1-7,14,19H,8-13H2. The summed E-state index contributed by atoms with van der Waals surface area (Å²) in [5.41, 5.74) is 0.311. The van der Waals surface area contributed by atoms with Gasteiger partial charge in [-0.15, -0.1) is 0 Å². The van der Waals surface area contributed by atoms with Crippen molar-refractivity contribution in [1.82, 2.24) is 4.90 Å². The van der Waals surface area contributed by atoms with Crippen molar-refractivity contribution in [2.75, 3.05) is 24.6 Å². The van der Waals surface area contributed by atoms with E-state index in [1.807, 2.05) is 0 Å². The molecular weight excluding hydrogens is 404 g/mol. The number of carbonyl (C=O) groups is 1. The zero-order valence-corrected chi connectivity index (χ0v) is 16.8. The molecule has 28 heavy (non-hydrogen) atoms. The minimum atomic E-state index is -3.51. The number of halogens is 2. The first-order chi connectivity index (χ1) is 13.4. The summed E-state index contributed by atoms with van der Waals surface area (Å²) in [6.07, 6.45) is 0.392. The van der Waals surface area contributed by atoms with Gasteiger partial charge in [0.25, 0.3) is 0 Å². The normalized spacial score (nSPS) is 17.9. The number of carbonyl (C=O) groups excluding carboxylic acids is 1. The number of thioether (sulfide) groups is 1. The molecule has 1 fully saturated rings. The molecule has 0 bridgehead atoms. The molecule has 0 saturated carbocycles. The van der Waals surface area contributed by atoms with Crippen molar-refractivity contribution in [3.05, 3.63) is 65.7 Å². The Morgan fingerprint density at radius 1 is 1.11 bits per heavy atom. The molecule has 0 N–H and O–H groups in total. The maximum atomic E-state index is 14.0. The molecule has 4 nitrogen and oxygen atoms in total. The number of nitrogens with zero attached hydrogens (tertiary/aromatic N) is 1. The van der Waals surface area contributed by atoms with Crippen molar-refractivity contribution in [1.29, 1.82) is 0 Å². The lowest BCUT2D eigenvalue weighted by molar-refractivity contribution is -0.130. The fraction of sp³-hybridized carbons (Fsp3) is 0.350. The van der Waals surface area contributed by atoms with Gasteiger partial charge >= 0.3 is 0 Å². The molecule has 1 aliphatic rings. The first kappa shape index (κ1) is 20.8. The minimum absolute atomic E-state index is 0.0963. The van der Waals surface area contributed by atoms with Crippen LogP contribution >= 0.6 is 11.8 Å². The summed E-state index contributed by atoms with van der Waals surface area (Å²) >= 11 is 1.48. The summed E-state index contributed by atoms with van der Waals surface area (Å²) in [4.78, 5) is 14.3. The summed E-state index contributed by atoms with van der Waals surface area (Å²) < 4.78 is 52.2. The first-order valence-electron chi connectivity index (χ1n) is 8.99. The number of rotatable bonds is 5. The third kappa shape index (κ3) is 5.11. The molecule has 0 aliphatic carbocycles. The van der Waals surface area contributed by atoms with Crippen molar-refractivity contribution in [3.63, 3.8) is 0 Å². The van der Waals surface area contributed by atoms with Crippen LogP contribution < -0.4 is 0 Å². The van der Waals surface area contributed by atoms with Gasteiger partial charge in [0.15, 0.2) is 9.84 Å². The highest BCUT2D eigenvalue weighted by molar-refractivity contribution is 7.99. The van der Waals surface area contributed by atoms with E-state index in [4.69, 9.17) is 0 Å². The fourth-order valence-electron chi connectivity index (χ4n) is 3.15. The minimum Gasteiger partial charge on any atom is -0.342 e. The third-order valence-electron chi connectivity index (χ3n) is 4.69. The van der Waals surface area contributed by atoms with Crippen LogP contribution in [0.2, 0.25) is 0 Å². The number of hydrogen-bond donors (Lipinski definition) is 0. The Labute approximate surface area is 167 Å². The van der Waals surface area contributed by atoms with Crippen molar-refractivity contribution >= 4 is 27.5 Å². The summed E-state index contributed by atoms with van der Waals surface area (Å²) in [5.74, 6) is -0.840. The molecule has 3 rings (SSSR count). The van der Waals surface area contributed by atoms with E-state index in [0.717, 1.165) is 12.1 Å². The quantitative estimate of drug-likeness (QED) is 0.731. The Kier molecular flexibility index (Phi) is 6.72. The Morgan fingerprint density at radius 3 is 2.61 bits per heavy atom. The molecule has 1 saturated heterocycles. The van der Waals surface area contributed by atoms with E-state index in [1.165, 1.54) is 30.0 Å². The second-order valence-corrected chi connectivity index (χ2v) is 10.00. The highest BCUT2D eigenvalue weighted by Crippen LogP contribution is 2.36. The lowest BCUT2D eigenvalue weighted by atomic mass is 10.1. The number of amides is 1. The van der Waals surface area contributed by atoms with Crippen LogP contribution in [0.1, 0.15) is 23.7 Å². The predicted octanol–water partition coefficient (Wildman–Crippen LogP) is 3.84. The largest absolute Gasteiger partial charge is 0.342 e. The van der Waals surface area contributed by atoms with Gasteiger partial charge in [-0.3, -0.25) is 4.79 Å². The topological polar surface area (TPSA) is 54.5 Å². The number of hydrogen-bond acceptors (Lipinski definition) is 4. The zero-order valence-electron chi connectivity index (χ0n) is 15.2. The average Bonchev–Trinajstić information content (AvgIpc) is 2.95. The van der Waals surface area contributed by atoms with E-state index in [1.54, 1.807) is 23.1 Å². The summed E-state index contributed by atoms with van der Waals surface area (Å²) in [6, 6.07) is 11.5. The average molecular weight is 426 g/mol. The number of benzene rings is 2. The van der Waals surface area contributed by atoms with E-state index in [0.29, 0.717) is 30.8 Å². The molecule has 150 valence electrons. The summed E-state index contributed by atoms with van der Waals surface area (Å²) in [5, 5.41) is -0.235. The Morgan fingerprint density at radius 2 is 1.86 bits per heavy atom. The molecule has 8 heteroatoms. The molecular formula is C20H21F2NO3S2. The van der Waals surface area contributed by atoms with Gasteiger partial charge < -0.3 is 4.90 Å². The molecule has 1 atom stereocenters. The zero-order chi connectivity index (χ0) is 20.1. The smallest absolute Gasteiger partial charge is 0.223 e. The van der Waals surface area contributed by atoms with Crippen LogP contribution in [-0.2, 0) is 14.6 Å². The second-order valence-electron chi connectivity index (χ2n) is 6.58. The van der Waals surface area contributed by atoms with Crippen LogP contribution in [-0.4, -0.2) is 43.8 Å². The van der Waals surface area contributed by atoms with E-state index in [-0.39, 0.29) is 28.2 Å². The summed E-state index contributed by atoms with van der Waals surface area (Å²) in [6.45, 7) is 0.847. The van der Waals surface area contributed by atoms with E-state index >= 15 is 0 Å². The Balaban J connectivity index is 1.59. The maximum absolute atomic E-state index is 14.0. The van der Waals surface area contributed by atoms with E-state index < -0.39 is 21.5 Å². The highest BCUT2D eigenvalue weighted by atomic mass is 32.2. The molecule has 0 aromatic heterocycles. The molecule has 1 amide bonds. The maximum Gasteiger partial charge on any atom is 0.223 e. The van der Waals surface area contributed by atoms with Crippen LogP contribution in [0.15, 0.2) is 53.4 Å². The first-order valence-corrected chi connectivity index (χ1v) is 11.7. The van der Waals surface area contributed by atoms with Crippen molar-refractivity contribution < 1.29 is 22.0 Å². The SMILES string of the molecule is O=C(CCS(=O)(=O)c1ccccc1)N1CCSC(c2cc(F)ccc2F)CC1. The molecule has 1 unspecified atom stereocenters. The Bertz CT molecular complexity index is 936. The van der Waals surface area contributed by atoms with Crippen LogP contribution in [0.4, 0.5) is 8.78 Å². The van der Waals surface area contributed by atoms with Crippen molar-refractivity contribution in [3.8, 4) is 0 Å². The molecule has 0 spiro atoms. The molecule has 1 aliphatic heterocycles. The van der Waals surface area contributed by atoms with Gasteiger partial charge in [0.05, 0.1) is 10.6 Å². The van der Waals surface area contributed by atoms with Crippen LogP contribution in [0, 0.1) is 11.6 Å². The van der Waals surface area contributed by atoms with Gasteiger partial charge in [-0.1, -0.05) is 18.2 Å². The van der Waals surface area contributed by atoms with Gasteiger partial charge in [0.2, 0.25) is 5.91 Å². The van der Waals surface area contributed by atoms with E-state index in [9.17, 15) is 22.0 Å².